The number of carboxylic acids is 1. The highest BCUT2D eigenvalue weighted by Gasteiger charge is 1.96. The van der Waals surface area contributed by atoms with E-state index in [-0.39, 0.29) is 6.42 Å². The van der Waals surface area contributed by atoms with E-state index in [9.17, 15) is 9.59 Å². The standard InChI is InChI=1S/C7H10O3/c1-6(5-8)3-2-4-7(9)10/h2-4H2,1H3,(H,9,10). The predicted octanol–water partition coefficient (Wildman–Crippen LogP) is 1.02. The monoisotopic (exact) mass is 142 g/mol. The molecule has 0 saturated heterocycles. The molecule has 0 bridgehead atoms. The molecular weight excluding hydrogens is 132 g/mol. The van der Waals surface area contributed by atoms with Gasteiger partial charge in [-0.05, 0) is 19.8 Å². The molecule has 1 N–H and O–H groups in total. The van der Waals surface area contributed by atoms with E-state index in [1.54, 1.807) is 12.9 Å². The largest absolute Gasteiger partial charge is 0.481 e. The van der Waals surface area contributed by atoms with Gasteiger partial charge in [0.05, 0.1) is 0 Å². The average molecular weight is 142 g/mol. The highest BCUT2D eigenvalue weighted by atomic mass is 16.4. The predicted molar refractivity (Wildman–Crippen MR) is 36.4 cm³/mol. The summed E-state index contributed by atoms with van der Waals surface area (Å²) in [7, 11) is 0. The minimum atomic E-state index is -0.821. The maximum atomic E-state index is 9.96. The van der Waals surface area contributed by atoms with Gasteiger partial charge in [-0.2, -0.15) is 0 Å². The Morgan fingerprint density at radius 1 is 1.50 bits per heavy atom. The third kappa shape index (κ3) is 5.06. The van der Waals surface area contributed by atoms with Gasteiger partial charge in [0.25, 0.3) is 0 Å². The number of rotatable bonds is 4. The van der Waals surface area contributed by atoms with Gasteiger partial charge in [0.2, 0.25) is 0 Å². The van der Waals surface area contributed by atoms with Crippen molar-refractivity contribution < 1.29 is 14.7 Å². The summed E-state index contributed by atoms with van der Waals surface area (Å²) >= 11 is 0. The number of hydrogen-bond donors (Lipinski definition) is 1. The number of carbonyl (C=O) groups is 1. The third-order valence-electron chi connectivity index (χ3n) is 1.12. The van der Waals surface area contributed by atoms with Crippen molar-refractivity contribution in [3.63, 3.8) is 0 Å². The van der Waals surface area contributed by atoms with Gasteiger partial charge in [-0.3, -0.25) is 4.79 Å². The summed E-state index contributed by atoms with van der Waals surface area (Å²) in [5, 5.41) is 8.19. The summed E-state index contributed by atoms with van der Waals surface area (Å²) in [4.78, 5) is 19.8. The first-order valence-corrected chi connectivity index (χ1v) is 3.09. The zero-order chi connectivity index (χ0) is 7.98. The van der Waals surface area contributed by atoms with E-state index in [0.717, 1.165) is 0 Å². The van der Waals surface area contributed by atoms with Crippen LogP contribution in [0, 0.1) is 0 Å². The Bertz CT molecular complexity index is 166. The Labute approximate surface area is 59.4 Å². The van der Waals surface area contributed by atoms with E-state index < -0.39 is 5.97 Å². The summed E-state index contributed by atoms with van der Waals surface area (Å²) in [5.74, 6) is 0.892. The summed E-state index contributed by atoms with van der Waals surface area (Å²) in [6, 6.07) is 0. The number of carbonyl (C=O) groups excluding carboxylic acids is 1. The Kier molecular flexibility index (Phi) is 4.25. The first-order valence-electron chi connectivity index (χ1n) is 3.09. The van der Waals surface area contributed by atoms with Crippen LogP contribution in [-0.2, 0) is 9.59 Å². The van der Waals surface area contributed by atoms with Gasteiger partial charge in [0, 0.05) is 12.0 Å². The first kappa shape index (κ1) is 8.92. The number of allylic oxidation sites excluding steroid dienone is 1. The molecule has 0 aromatic rings. The van der Waals surface area contributed by atoms with Crippen molar-refractivity contribution in [3.05, 3.63) is 5.57 Å². The van der Waals surface area contributed by atoms with Crippen LogP contribution in [0.2, 0.25) is 0 Å². The summed E-state index contributed by atoms with van der Waals surface area (Å²) in [5.41, 5.74) is 0.584. The van der Waals surface area contributed by atoms with E-state index >= 15 is 0 Å². The second-order valence-electron chi connectivity index (χ2n) is 2.13. The maximum Gasteiger partial charge on any atom is 0.303 e. The number of hydrogen-bond acceptors (Lipinski definition) is 2. The summed E-state index contributed by atoms with van der Waals surface area (Å²) in [6.07, 6.45) is 1.19. The highest BCUT2D eigenvalue weighted by Crippen LogP contribution is 2.01. The van der Waals surface area contributed by atoms with Crippen LogP contribution in [0.3, 0.4) is 0 Å². The molecule has 3 heteroatoms. The molecule has 0 aliphatic heterocycles. The molecule has 10 heavy (non-hydrogen) atoms. The molecule has 0 atom stereocenters. The molecular formula is C7H10O3. The van der Waals surface area contributed by atoms with Crippen molar-refractivity contribution in [3.8, 4) is 0 Å². The van der Waals surface area contributed by atoms with Crippen LogP contribution >= 0.6 is 0 Å². The van der Waals surface area contributed by atoms with Gasteiger partial charge in [-0.15, -0.1) is 0 Å². The molecule has 0 aromatic carbocycles. The van der Waals surface area contributed by atoms with Crippen LogP contribution in [0.4, 0.5) is 0 Å². The van der Waals surface area contributed by atoms with Crippen LogP contribution in [0.5, 0.6) is 0 Å². The fourth-order valence-electron chi connectivity index (χ4n) is 0.556. The van der Waals surface area contributed by atoms with Crippen molar-refractivity contribution in [1.29, 1.82) is 0 Å². The van der Waals surface area contributed by atoms with Gasteiger partial charge in [-0.1, -0.05) is 0 Å². The van der Waals surface area contributed by atoms with Crippen molar-refractivity contribution in [2.45, 2.75) is 26.2 Å². The average Bonchev–Trinajstić information content (AvgIpc) is 1.87. The second kappa shape index (κ2) is 4.77. The van der Waals surface area contributed by atoms with Gasteiger partial charge in [-0.25, -0.2) is 4.79 Å². The smallest absolute Gasteiger partial charge is 0.303 e. The van der Waals surface area contributed by atoms with Crippen LogP contribution in [0.15, 0.2) is 5.57 Å². The molecule has 0 aliphatic rings. The number of carboxylic acid groups (broad SMARTS) is 1. The topological polar surface area (TPSA) is 54.4 Å². The highest BCUT2D eigenvalue weighted by molar-refractivity contribution is 5.66. The van der Waals surface area contributed by atoms with E-state index in [4.69, 9.17) is 5.11 Å². The summed E-state index contributed by atoms with van der Waals surface area (Å²) in [6.45, 7) is 1.65. The maximum absolute atomic E-state index is 9.96. The molecule has 0 fully saturated rings. The Balaban J connectivity index is 3.38. The molecule has 0 spiro atoms. The lowest BCUT2D eigenvalue weighted by atomic mass is 10.1. The lowest BCUT2D eigenvalue weighted by Gasteiger charge is -1.92. The molecule has 0 radical (unpaired) electrons. The second-order valence-corrected chi connectivity index (χ2v) is 2.13. The Hall–Kier alpha value is -1.08. The molecule has 0 amide bonds. The van der Waals surface area contributed by atoms with Crippen LogP contribution < -0.4 is 0 Å². The normalized spacial score (nSPS) is 8.50. The molecule has 0 aliphatic carbocycles. The van der Waals surface area contributed by atoms with E-state index in [1.807, 2.05) is 0 Å². The molecule has 0 saturated carbocycles. The zero-order valence-electron chi connectivity index (χ0n) is 5.89. The van der Waals surface area contributed by atoms with Crippen molar-refractivity contribution in [2.24, 2.45) is 0 Å². The van der Waals surface area contributed by atoms with E-state index in [0.29, 0.717) is 18.4 Å². The molecule has 0 aromatic heterocycles. The van der Waals surface area contributed by atoms with E-state index in [2.05, 4.69) is 0 Å². The third-order valence-corrected chi connectivity index (χ3v) is 1.12. The van der Waals surface area contributed by atoms with Gasteiger partial charge >= 0.3 is 5.97 Å². The molecule has 56 valence electrons. The van der Waals surface area contributed by atoms with Crippen molar-refractivity contribution in [2.75, 3.05) is 0 Å². The zero-order valence-corrected chi connectivity index (χ0v) is 5.89. The van der Waals surface area contributed by atoms with Gasteiger partial charge in [0.15, 0.2) is 0 Å². The minimum absolute atomic E-state index is 0.124. The fourth-order valence-corrected chi connectivity index (χ4v) is 0.556. The van der Waals surface area contributed by atoms with Gasteiger partial charge in [0.1, 0.15) is 5.94 Å². The van der Waals surface area contributed by atoms with Gasteiger partial charge < -0.3 is 5.11 Å². The molecule has 0 heterocycles. The van der Waals surface area contributed by atoms with Crippen molar-refractivity contribution >= 4 is 11.9 Å². The molecule has 3 nitrogen and oxygen atoms in total. The lowest BCUT2D eigenvalue weighted by Crippen LogP contribution is -1.93. The van der Waals surface area contributed by atoms with Crippen LogP contribution in [-0.4, -0.2) is 17.0 Å². The van der Waals surface area contributed by atoms with Crippen LogP contribution in [0.25, 0.3) is 0 Å². The van der Waals surface area contributed by atoms with Crippen LogP contribution in [0.1, 0.15) is 26.2 Å². The SMILES string of the molecule is CC(=C=O)CCCC(=O)O. The van der Waals surface area contributed by atoms with E-state index in [1.165, 1.54) is 0 Å². The minimum Gasteiger partial charge on any atom is -0.481 e. The fraction of sp³-hybridized carbons (Fsp3) is 0.571. The summed E-state index contributed by atoms with van der Waals surface area (Å²) < 4.78 is 0. The molecule has 0 rings (SSSR count). The molecule has 0 unspecified atom stereocenters. The first-order chi connectivity index (χ1) is 4.66. The Morgan fingerprint density at radius 3 is 2.50 bits per heavy atom. The lowest BCUT2D eigenvalue weighted by molar-refractivity contribution is -0.137. The quantitative estimate of drug-likeness (QED) is 0.596. The Morgan fingerprint density at radius 2 is 2.10 bits per heavy atom. The number of aliphatic carboxylic acids is 1. The van der Waals surface area contributed by atoms with Crippen molar-refractivity contribution in [1.82, 2.24) is 0 Å².